The van der Waals surface area contributed by atoms with Crippen LogP contribution in [0.1, 0.15) is 10.5 Å². The van der Waals surface area contributed by atoms with Crippen LogP contribution in [0.3, 0.4) is 0 Å². The number of rotatable bonds is 2. The van der Waals surface area contributed by atoms with E-state index < -0.39 is 29.5 Å². The first-order valence-electron chi connectivity index (χ1n) is 4.73. The third-order valence-corrected chi connectivity index (χ3v) is 2.10. The predicted octanol–water partition coefficient (Wildman–Crippen LogP) is 0.312. The van der Waals surface area contributed by atoms with Gasteiger partial charge in [0.05, 0.1) is 0 Å². The fourth-order valence-electron chi connectivity index (χ4n) is 1.31. The molecule has 0 aliphatic heterocycles. The van der Waals surface area contributed by atoms with E-state index in [4.69, 9.17) is 10.8 Å². The van der Waals surface area contributed by atoms with Crippen molar-refractivity contribution in [2.45, 2.75) is 0 Å². The van der Waals surface area contributed by atoms with Gasteiger partial charge in [-0.05, 0) is 0 Å². The van der Waals surface area contributed by atoms with Gasteiger partial charge in [-0.2, -0.15) is 8.78 Å². The maximum absolute atomic E-state index is 13.4. The van der Waals surface area contributed by atoms with Crippen molar-refractivity contribution in [1.29, 1.82) is 0 Å². The summed E-state index contributed by atoms with van der Waals surface area (Å²) >= 11 is 0. The van der Waals surface area contributed by atoms with Gasteiger partial charge in [-0.25, -0.2) is 4.79 Å². The highest BCUT2D eigenvalue weighted by Crippen LogP contribution is 2.08. The lowest BCUT2D eigenvalue weighted by atomic mass is 10.3. The Bertz CT molecular complexity index is 613. The van der Waals surface area contributed by atoms with E-state index in [1.54, 1.807) is 0 Å². The van der Waals surface area contributed by atoms with E-state index in [0.29, 0.717) is 4.57 Å². The molecule has 18 heavy (non-hydrogen) atoms. The van der Waals surface area contributed by atoms with Gasteiger partial charge < -0.3 is 10.8 Å². The van der Waals surface area contributed by atoms with Crippen LogP contribution in [0.25, 0.3) is 5.95 Å². The van der Waals surface area contributed by atoms with Gasteiger partial charge >= 0.3 is 11.9 Å². The van der Waals surface area contributed by atoms with Gasteiger partial charge in [-0.3, -0.25) is 0 Å². The van der Waals surface area contributed by atoms with E-state index in [2.05, 4.69) is 9.97 Å². The van der Waals surface area contributed by atoms with Crippen LogP contribution < -0.4 is 10.3 Å². The molecule has 0 spiro atoms. The summed E-state index contributed by atoms with van der Waals surface area (Å²) in [4.78, 5) is 17.9. The number of nitrogens with zero attached hydrogens (tertiary/aromatic N) is 3. The normalized spacial score (nSPS) is 10.3. The van der Waals surface area contributed by atoms with Crippen molar-refractivity contribution in [2.75, 3.05) is 5.73 Å². The van der Waals surface area contributed by atoms with Crippen LogP contribution in [-0.4, -0.2) is 21.0 Å². The zero-order valence-corrected chi connectivity index (χ0v) is 8.84. The Kier molecular flexibility index (Phi) is 2.84. The minimum absolute atomic E-state index is 0.191. The average Bonchev–Trinajstić information content (AvgIpc) is 2.30. The Balaban J connectivity index is 2.65. The zero-order chi connectivity index (χ0) is 13.3. The first-order chi connectivity index (χ1) is 8.50. The first-order valence-corrected chi connectivity index (χ1v) is 4.73. The molecule has 8 heteroatoms. The number of pyridine rings is 1. The Labute approximate surface area is 99.3 Å². The molecule has 2 aromatic heterocycles. The van der Waals surface area contributed by atoms with E-state index in [-0.39, 0.29) is 5.69 Å². The summed E-state index contributed by atoms with van der Waals surface area (Å²) in [7, 11) is 0. The maximum atomic E-state index is 13.4. The van der Waals surface area contributed by atoms with Crippen LogP contribution in [0.2, 0.25) is 0 Å². The SMILES string of the molecule is Nc1cnc(-[n+]2c(F)cccc2F)nc1C(=O)O. The Morgan fingerprint density at radius 2 is 1.94 bits per heavy atom. The Morgan fingerprint density at radius 1 is 1.33 bits per heavy atom. The van der Waals surface area contributed by atoms with E-state index in [1.165, 1.54) is 0 Å². The molecule has 0 radical (unpaired) electrons. The largest absolute Gasteiger partial charge is 0.475 e. The molecule has 2 heterocycles. The highest BCUT2D eigenvalue weighted by Gasteiger charge is 2.24. The molecule has 0 bridgehead atoms. The van der Waals surface area contributed by atoms with Gasteiger partial charge in [0.25, 0.3) is 17.6 Å². The van der Waals surface area contributed by atoms with Crippen LogP contribution in [0.4, 0.5) is 14.5 Å². The monoisotopic (exact) mass is 253 g/mol. The summed E-state index contributed by atoms with van der Waals surface area (Å²) in [5.41, 5.74) is 4.63. The number of carboxylic acid groups (broad SMARTS) is 1. The molecule has 0 aromatic carbocycles. The van der Waals surface area contributed by atoms with Gasteiger partial charge in [-0.1, -0.05) is 16.0 Å². The number of hydrogen-bond acceptors (Lipinski definition) is 4. The summed E-state index contributed by atoms with van der Waals surface area (Å²) < 4.78 is 27.3. The second-order valence-corrected chi connectivity index (χ2v) is 3.29. The Hall–Kier alpha value is -2.64. The number of carboxylic acids is 1. The van der Waals surface area contributed by atoms with Crippen molar-refractivity contribution in [1.82, 2.24) is 9.97 Å². The fourth-order valence-corrected chi connectivity index (χ4v) is 1.31. The molecule has 92 valence electrons. The molecule has 0 saturated heterocycles. The third kappa shape index (κ3) is 1.95. The third-order valence-electron chi connectivity index (χ3n) is 2.10. The second kappa shape index (κ2) is 4.32. The lowest BCUT2D eigenvalue weighted by Crippen LogP contribution is -2.41. The molecule has 0 atom stereocenters. The number of nitrogens with two attached hydrogens (primary N) is 1. The van der Waals surface area contributed by atoms with Crippen LogP contribution in [-0.2, 0) is 0 Å². The first kappa shape index (κ1) is 11.8. The van der Waals surface area contributed by atoms with Crippen LogP contribution in [0.5, 0.6) is 0 Å². The molecule has 0 saturated carbocycles. The van der Waals surface area contributed by atoms with Crippen molar-refractivity contribution >= 4 is 11.7 Å². The van der Waals surface area contributed by atoms with Gasteiger partial charge in [0, 0.05) is 12.1 Å². The maximum Gasteiger partial charge on any atom is 0.442 e. The van der Waals surface area contributed by atoms with Gasteiger partial charge in [-0.15, -0.1) is 4.57 Å². The molecule has 0 aliphatic carbocycles. The fraction of sp³-hybridized carbons (Fsp3) is 0. The van der Waals surface area contributed by atoms with Crippen LogP contribution in [0.15, 0.2) is 24.4 Å². The topological polar surface area (TPSA) is 93.0 Å². The molecule has 6 nitrogen and oxygen atoms in total. The van der Waals surface area contributed by atoms with Crippen molar-refractivity contribution in [3.05, 3.63) is 42.0 Å². The minimum atomic E-state index is -1.41. The van der Waals surface area contributed by atoms with Gasteiger partial charge in [0.15, 0.2) is 0 Å². The van der Waals surface area contributed by atoms with Crippen molar-refractivity contribution in [3.8, 4) is 5.95 Å². The standard InChI is InChI=1S/C10H6F2N4O2/c11-6-2-1-3-7(12)16(6)10-14-4-5(13)8(15-10)9(17)18/h1-4H,13H2/p+1. The highest BCUT2D eigenvalue weighted by atomic mass is 19.1. The highest BCUT2D eigenvalue weighted by molar-refractivity contribution is 5.91. The van der Waals surface area contributed by atoms with Crippen LogP contribution >= 0.6 is 0 Å². The van der Waals surface area contributed by atoms with Crippen molar-refractivity contribution in [3.63, 3.8) is 0 Å². The Morgan fingerprint density at radius 3 is 2.50 bits per heavy atom. The van der Waals surface area contributed by atoms with E-state index >= 15 is 0 Å². The number of carbonyl (C=O) groups is 1. The summed E-state index contributed by atoms with van der Waals surface area (Å²) in [5.74, 6) is -3.78. The van der Waals surface area contributed by atoms with Crippen LogP contribution in [0, 0.1) is 11.9 Å². The lowest BCUT2D eigenvalue weighted by molar-refractivity contribution is -0.664. The minimum Gasteiger partial charge on any atom is -0.475 e. The number of anilines is 1. The van der Waals surface area contributed by atoms with E-state index in [0.717, 1.165) is 24.4 Å². The number of aromatic carboxylic acids is 1. The van der Waals surface area contributed by atoms with Crippen molar-refractivity contribution < 1.29 is 23.2 Å². The second-order valence-electron chi connectivity index (χ2n) is 3.29. The zero-order valence-electron chi connectivity index (χ0n) is 8.84. The molecule has 0 fully saturated rings. The smallest absolute Gasteiger partial charge is 0.442 e. The summed E-state index contributed by atoms with van der Waals surface area (Å²) in [6, 6.07) is 3.14. The molecule has 0 unspecified atom stereocenters. The lowest BCUT2D eigenvalue weighted by Gasteiger charge is -2.00. The van der Waals surface area contributed by atoms with Gasteiger partial charge in [0.1, 0.15) is 11.9 Å². The quantitative estimate of drug-likeness (QED) is 0.593. The number of nitrogen functional groups attached to an aromatic ring is 1. The molecule has 0 aliphatic rings. The molecule has 2 aromatic rings. The summed E-state index contributed by atoms with van der Waals surface area (Å²) in [6.07, 6.45) is 0.977. The van der Waals surface area contributed by atoms with Gasteiger partial charge in [0.2, 0.25) is 0 Å². The number of hydrogen-bond donors (Lipinski definition) is 2. The average molecular weight is 253 g/mol. The van der Waals surface area contributed by atoms with Crippen molar-refractivity contribution in [2.24, 2.45) is 0 Å². The number of aromatic nitrogens is 3. The molecule has 2 rings (SSSR count). The number of halogens is 2. The molecular weight excluding hydrogens is 246 g/mol. The van der Waals surface area contributed by atoms with E-state index in [1.807, 2.05) is 0 Å². The van der Waals surface area contributed by atoms with E-state index in [9.17, 15) is 13.6 Å². The predicted molar refractivity (Wildman–Crippen MR) is 54.9 cm³/mol. The molecular formula is C10H7F2N4O2+. The molecule has 3 N–H and O–H groups in total. The summed E-state index contributed by atoms with van der Waals surface area (Å²) in [5, 5.41) is 8.81. The molecule has 0 amide bonds. The summed E-state index contributed by atoms with van der Waals surface area (Å²) in [6.45, 7) is 0.